The number of hydrogen-bond acceptors (Lipinski definition) is 6. The first-order chi connectivity index (χ1) is 9.86. The highest BCUT2D eigenvalue weighted by Gasteiger charge is 2.38. The molecule has 110 valence electrons. The maximum absolute atomic E-state index is 12.4. The second-order valence-electron chi connectivity index (χ2n) is 3.73. The van der Waals surface area contributed by atoms with Crippen LogP contribution in [0.25, 0.3) is 11.4 Å². The SMILES string of the molecule is COc1cc(-c2noc(C(F)(F)F)n2)ccc1C(=O)N=S. The number of aromatic nitrogens is 2. The van der Waals surface area contributed by atoms with Gasteiger partial charge in [0.05, 0.1) is 12.7 Å². The van der Waals surface area contributed by atoms with E-state index in [1.54, 1.807) is 0 Å². The van der Waals surface area contributed by atoms with E-state index in [2.05, 4.69) is 31.5 Å². The number of ether oxygens (including phenoxy) is 1. The predicted molar refractivity (Wildman–Crippen MR) is 65.4 cm³/mol. The van der Waals surface area contributed by atoms with Crippen LogP contribution in [0.3, 0.4) is 0 Å². The maximum atomic E-state index is 12.4. The summed E-state index contributed by atoms with van der Waals surface area (Å²) in [5.74, 6) is -2.35. The van der Waals surface area contributed by atoms with Gasteiger partial charge in [0.1, 0.15) is 5.75 Å². The average molecular weight is 317 g/mol. The van der Waals surface area contributed by atoms with Gasteiger partial charge in [-0.05, 0) is 18.2 Å². The third-order valence-electron chi connectivity index (χ3n) is 2.44. The van der Waals surface area contributed by atoms with Crippen LogP contribution in [0.4, 0.5) is 13.2 Å². The molecule has 2 rings (SSSR count). The zero-order chi connectivity index (χ0) is 15.6. The summed E-state index contributed by atoms with van der Waals surface area (Å²) < 4.78 is 49.3. The molecule has 1 amide bonds. The maximum Gasteiger partial charge on any atom is 0.471 e. The van der Waals surface area contributed by atoms with E-state index in [9.17, 15) is 18.0 Å². The van der Waals surface area contributed by atoms with Gasteiger partial charge in [-0.2, -0.15) is 18.2 Å². The summed E-state index contributed by atoms with van der Waals surface area (Å²) in [5.41, 5.74) is 0.266. The lowest BCUT2D eigenvalue weighted by molar-refractivity contribution is -0.159. The summed E-state index contributed by atoms with van der Waals surface area (Å²) in [5, 5.41) is 3.23. The van der Waals surface area contributed by atoms with Crippen LogP contribution in [0.15, 0.2) is 27.1 Å². The van der Waals surface area contributed by atoms with Crippen molar-refractivity contribution < 1.29 is 27.2 Å². The number of carbonyl (C=O) groups excluding carboxylic acids is 1. The first-order valence-corrected chi connectivity index (χ1v) is 5.70. The van der Waals surface area contributed by atoms with Gasteiger partial charge in [0, 0.05) is 18.0 Å². The summed E-state index contributed by atoms with van der Waals surface area (Å²) in [4.78, 5) is 14.7. The first-order valence-electron chi connectivity index (χ1n) is 5.34. The second kappa shape index (κ2) is 5.56. The summed E-state index contributed by atoms with van der Waals surface area (Å²) in [6.45, 7) is 0. The highest BCUT2D eigenvalue weighted by Crippen LogP contribution is 2.31. The van der Waals surface area contributed by atoms with E-state index >= 15 is 0 Å². The molecular formula is C11H6F3N3O3S. The molecule has 10 heteroatoms. The number of hydrogen-bond donors (Lipinski definition) is 0. The fourth-order valence-corrected chi connectivity index (χ4v) is 1.61. The topological polar surface area (TPSA) is 77.6 Å². The Kier molecular flexibility index (Phi) is 3.98. The van der Waals surface area contributed by atoms with Crippen molar-refractivity contribution in [3.05, 3.63) is 29.7 Å². The van der Waals surface area contributed by atoms with Crippen LogP contribution in [0.5, 0.6) is 5.75 Å². The molecule has 0 atom stereocenters. The number of nitrogens with zero attached hydrogens (tertiary/aromatic N) is 3. The minimum absolute atomic E-state index is 0.0794. The highest BCUT2D eigenvalue weighted by atomic mass is 32.1. The fraction of sp³-hybridized carbons (Fsp3) is 0.182. The summed E-state index contributed by atoms with van der Waals surface area (Å²) in [6.07, 6.45) is -4.73. The van der Waals surface area contributed by atoms with Crippen molar-refractivity contribution in [2.24, 2.45) is 4.36 Å². The van der Waals surface area contributed by atoms with Gasteiger partial charge in [-0.3, -0.25) is 4.79 Å². The van der Waals surface area contributed by atoms with Gasteiger partial charge in [-0.1, -0.05) is 5.16 Å². The number of amides is 1. The van der Waals surface area contributed by atoms with Gasteiger partial charge in [-0.25, -0.2) is 0 Å². The minimum atomic E-state index is -4.73. The standard InChI is InChI=1S/C11H6F3N3O3S/c1-19-7-4-5(2-3-6(7)9(18)17-21)8-15-10(20-16-8)11(12,13)14/h2-4H,1H3. The molecule has 1 heterocycles. The van der Waals surface area contributed by atoms with Crippen molar-refractivity contribution in [1.29, 1.82) is 0 Å². The Morgan fingerprint density at radius 1 is 1.43 bits per heavy atom. The van der Waals surface area contributed by atoms with Gasteiger partial charge in [-0.15, -0.1) is 4.36 Å². The van der Waals surface area contributed by atoms with Crippen LogP contribution in [0, 0.1) is 0 Å². The molecule has 0 aliphatic heterocycles. The molecule has 0 unspecified atom stereocenters. The quantitative estimate of drug-likeness (QED) is 0.866. The van der Waals surface area contributed by atoms with E-state index in [-0.39, 0.29) is 22.7 Å². The van der Waals surface area contributed by atoms with Crippen LogP contribution >= 0.6 is 0 Å². The lowest BCUT2D eigenvalue weighted by atomic mass is 10.1. The van der Waals surface area contributed by atoms with Gasteiger partial charge in [0.2, 0.25) is 5.82 Å². The Morgan fingerprint density at radius 2 is 2.14 bits per heavy atom. The smallest absolute Gasteiger partial charge is 0.471 e. The number of methoxy groups -OCH3 is 1. The van der Waals surface area contributed by atoms with E-state index in [1.165, 1.54) is 25.3 Å². The van der Waals surface area contributed by atoms with Crippen molar-refractivity contribution in [2.75, 3.05) is 7.11 Å². The summed E-state index contributed by atoms with van der Waals surface area (Å²) in [7, 11) is 1.29. The van der Waals surface area contributed by atoms with Crippen LogP contribution in [0.1, 0.15) is 16.2 Å². The molecule has 1 aromatic heterocycles. The number of benzene rings is 1. The molecule has 0 spiro atoms. The van der Waals surface area contributed by atoms with E-state index in [0.717, 1.165) is 0 Å². The third-order valence-corrected chi connectivity index (χ3v) is 2.61. The van der Waals surface area contributed by atoms with Crippen molar-refractivity contribution in [1.82, 2.24) is 10.1 Å². The first kappa shape index (κ1) is 15.0. The lowest BCUT2D eigenvalue weighted by Crippen LogP contribution is -2.04. The second-order valence-corrected chi connectivity index (χ2v) is 3.91. The Labute approximate surface area is 121 Å². The van der Waals surface area contributed by atoms with E-state index < -0.39 is 18.0 Å². The van der Waals surface area contributed by atoms with E-state index in [0.29, 0.717) is 0 Å². The average Bonchev–Trinajstić information content (AvgIpc) is 2.95. The molecule has 21 heavy (non-hydrogen) atoms. The number of carbonyl (C=O) groups is 1. The van der Waals surface area contributed by atoms with E-state index in [4.69, 9.17) is 4.74 Å². The number of halogens is 3. The van der Waals surface area contributed by atoms with Gasteiger partial charge < -0.3 is 9.26 Å². The van der Waals surface area contributed by atoms with Gasteiger partial charge >= 0.3 is 12.1 Å². The molecule has 2 aromatic rings. The van der Waals surface area contributed by atoms with Crippen LogP contribution in [-0.2, 0) is 18.6 Å². The Bertz CT molecular complexity index is 700. The largest absolute Gasteiger partial charge is 0.496 e. The Morgan fingerprint density at radius 3 is 2.67 bits per heavy atom. The molecule has 0 aliphatic rings. The predicted octanol–water partition coefficient (Wildman–Crippen LogP) is 2.63. The van der Waals surface area contributed by atoms with Gasteiger partial charge in [0.15, 0.2) is 0 Å². The van der Waals surface area contributed by atoms with Crippen molar-refractivity contribution in [3.63, 3.8) is 0 Å². The van der Waals surface area contributed by atoms with Crippen molar-refractivity contribution in [3.8, 4) is 17.1 Å². The Balaban J connectivity index is 2.44. The molecule has 6 nitrogen and oxygen atoms in total. The van der Waals surface area contributed by atoms with Crippen LogP contribution in [0.2, 0.25) is 0 Å². The fourth-order valence-electron chi connectivity index (χ4n) is 1.51. The summed E-state index contributed by atoms with van der Waals surface area (Å²) in [6, 6.07) is 3.93. The molecule has 0 N–H and O–H groups in total. The highest BCUT2D eigenvalue weighted by molar-refractivity contribution is 7.47. The minimum Gasteiger partial charge on any atom is -0.496 e. The molecule has 0 aliphatic carbocycles. The normalized spacial score (nSPS) is 11.2. The van der Waals surface area contributed by atoms with E-state index in [1.807, 2.05) is 0 Å². The third kappa shape index (κ3) is 3.05. The number of rotatable bonds is 3. The van der Waals surface area contributed by atoms with Crippen LogP contribution in [-0.4, -0.2) is 23.2 Å². The van der Waals surface area contributed by atoms with Crippen molar-refractivity contribution in [2.45, 2.75) is 6.18 Å². The van der Waals surface area contributed by atoms with Crippen LogP contribution < -0.4 is 4.74 Å². The molecule has 1 aromatic carbocycles. The zero-order valence-electron chi connectivity index (χ0n) is 10.3. The Hall–Kier alpha value is -2.36. The summed E-state index contributed by atoms with van der Waals surface area (Å²) >= 11 is 4.29. The molecule has 0 radical (unpaired) electrons. The van der Waals surface area contributed by atoms with Gasteiger partial charge in [0.25, 0.3) is 5.91 Å². The zero-order valence-corrected chi connectivity index (χ0v) is 11.2. The monoisotopic (exact) mass is 317 g/mol. The molecule has 0 bridgehead atoms. The molecule has 0 fully saturated rings. The molecule has 0 saturated carbocycles. The van der Waals surface area contributed by atoms with Crippen molar-refractivity contribution >= 4 is 18.3 Å². The molecular weight excluding hydrogens is 311 g/mol. The molecule has 0 saturated heterocycles. The number of alkyl halides is 3. The lowest BCUT2D eigenvalue weighted by Gasteiger charge is -2.05.